The van der Waals surface area contributed by atoms with Crippen LogP contribution in [0, 0.1) is 0 Å². The lowest BCUT2D eigenvalue weighted by Gasteiger charge is -2.06. The third kappa shape index (κ3) is 1.98. The van der Waals surface area contributed by atoms with Crippen LogP contribution >= 0.6 is 11.3 Å². The highest BCUT2D eigenvalue weighted by Gasteiger charge is 2.15. The van der Waals surface area contributed by atoms with E-state index in [9.17, 15) is 0 Å². The molecule has 4 aromatic rings. The molecule has 0 fully saturated rings. The first-order valence-corrected chi connectivity index (χ1v) is 7.78. The molecule has 0 saturated heterocycles. The quantitative estimate of drug-likeness (QED) is 0.610. The Kier molecular flexibility index (Phi) is 2.94. The molecule has 4 rings (SSSR count). The minimum absolute atomic E-state index is 0.661. The topological polar surface area (TPSA) is 56.7 Å². The fraction of sp³-hybridized carbons (Fsp3) is 0.0588. The lowest BCUT2D eigenvalue weighted by atomic mass is 10.0. The summed E-state index contributed by atoms with van der Waals surface area (Å²) < 4.78 is 2.87. The minimum Gasteiger partial charge on any atom is -0.383 e. The highest BCUT2D eigenvalue weighted by atomic mass is 32.1. The van der Waals surface area contributed by atoms with E-state index in [0.29, 0.717) is 5.82 Å². The maximum Gasteiger partial charge on any atom is 0.129 e. The van der Waals surface area contributed by atoms with Crippen LogP contribution in [0.15, 0.2) is 54.7 Å². The molecule has 0 aliphatic heterocycles. The van der Waals surface area contributed by atoms with E-state index in [1.165, 1.54) is 4.70 Å². The largest absolute Gasteiger partial charge is 0.383 e. The van der Waals surface area contributed by atoms with Gasteiger partial charge in [0.05, 0.1) is 16.4 Å². The van der Waals surface area contributed by atoms with Crippen LogP contribution in [-0.2, 0) is 7.05 Å². The second kappa shape index (κ2) is 4.96. The molecule has 0 spiro atoms. The number of thiazole rings is 1. The monoisotopic (exact) mass is 306 g/mol. The number of hydrogen-bond donors (Lipinski definition) is 1. The molecule has 2 heterocycles. The van der Waals surface area contributed by atoms with Crippen molar-refractivity contribution >= 4 is 27.4 Å². The van der Waals surface area contributed by atoms with Crippen LogP contribution in [0.4, 0.5) is 5.82 Å². The molecule has 0 saturated carbocycles. The smallest absolute Gasteiger partial charge is 0.129 e. The van der Waals surface area contributed by atoms with E-state index in [1.54, 1.807) is 16.0 Å². The van der Waals surface area contributed by atoms with E-state index in [4.69, 9.17) is 10.7 Å². The summed E-state index contributed by atoms with van der Waals surface area (Å²) in [6, 6.07) is 16.4. The summed E-state index contributed by atoms with van der Waals surface area (Å²) >= 11 is 1.69. The van der Waals surface area contributed by atoms with Crippen molar-refractivity contribution in [3.8, 4) is 21.7 Å². The molecule has 0 aliphatic carbocycles. The van der Waals surface area contributed by atoms with Gasteiger partial charge in [-0.2, -0.15) is 5.10 Å². The average molecular weight is 306 g/mol. The number of nitrogens with two attached hydrogens (primary N) is 1. The number of fused-ring (bicyclic) bond motifs is 1. The number of benzene rings is 2. The molecule has 2 aromatic heterocycles. The number of nitrogen functional groups attached to an aromatic ring is 1. The van der Waals surface area contributed by atoms with Gasteiger partial charge in [-0.3, -0.25) is 4.68 Å². The molecule has 5 heteroatoms. The van der Waals surface area contributed by atoms with Crippen LogP contribution in [0.25, 0.3) is 31.9 Å². The first-order chi connectivity index (χ1) is 10.7. The summed E-state index contributed by atoms with van der Waals surface area (Å²) in [6.07, 6.45) is 1.81. The molecule has 0 unspecified atom stereocenters. The van der Waals surface area contributed by atoms with Gasteiger partial charge in [-0.15, -0.1) is 11.3 Å². The van der Waals surface area contributed by atoms with Gasteiger partial charge >= 0.3 is 0 Å². The van der Waals surface area contributed by atoms with Crippen LogP contribution in [0.5, 0.6) is 0 Å². The van der Waals surface area contributed by atoms with Gasteiger partial charge in [0.1, 0.15) is 10.8 Å². The Balaban J connectivity index is 1.94. The van der Waals surface area contributed by atoms with Gasteiger partial charge in [0, 0.05) is 18.2 Å². The van der Waals surface area contributed by atoms with Gasteiger partial charge in [-0.1, -0.05) is 36.4 Å². The third-order valence-electron chi connectivity index (χ3n) is 3.73. The Morgan fingerprint density at radius 3 is 2.41 bits per heavy atom. The predicted molar refractivity (Wildman–Crippen MR) is 91.7 cm³/mol. The summed E-state index contributed by atoms with van der Waals surface area (Å²) in [5, 5.41) is 5.24. The van der Waals surface area contributed by atoms with Crippen molar-refractivity contribution in [2.45, 2.75) is 0 Å². The predicted octanol–water partition coefficient (Wildman–Crippen LogP) is 3.95. The van der Waals surface area contributed by atoms with Crippen molar-refractivity contribution in [3.63, 3.8) is 0 Å². The molecule has 0 aliphatic rings. The van der Waals surface area contributed by atoms with Gasteiger partial charge in [0.25, 0.3) is 0 Å². The average Bonchev–Trinajstić information content (AvgIpc) is 3.12. The van der Waals surface area contributed by atoms with Crippen LogP contribution in [0.3, 0.4) is 0 Å². The van der Waals surface area contributed by atoms with Gasteiger partial charge in [0.15, 0.2) is 0 Å². The number of nitrogens with zero attached hydrogens (tertiary/aromatic N) is 3. The normalized spacial score (nSPS) is 11.1. The van der Waals surface area contributed by atoms with Crippen molar-refractivity contribution in [2.75, 3.05) is 5.73 Å². The van der Waals surface area contributed by atoms with Crippen molar-refractivity contribution in [2.24, 2.45) is 7.05 Å². The third-order valence-corrected chi connectivity index (χ3v) is 4.80. The Hall–Kier alpha value is -2.66. The summed E-state index contributed by atoms with van der Waals surface area (Å²) in [4.78, 5) is 4.76. The summed E-state index contributed by atoms with van der Waals surface area (Å²) in [6.45, 7) is 0. The Labute approximate surface area is 131 Å². The highest BCUT2D eigenvalue weighted by molar-refractivity contribution is 7.21. The summed E-state index contributed by atoms with van der Waals surface area (Å²) in [5.41, 5.74) is 10.3. The summed E-state index contributed by atoms with van der Waals surface area (Å²) in [5.74, 6) is 0.661. The number of anilines is 1. The molecule has 0 bridgehead atoms. The molecule has 2 aromatic carbocycles. The van der Waals surface area contributed by atoms with Crippen molar-refractivity contribution in [1.29, 1.82) is 0 Å². The van der Waals surface area contributed by atoms with Crippen LogP contribution in [0.1, 0.15) is 0 Å². The fourth-order valence-corrected chi connectivity index (χ4v) is 3.55. The number of hydrogen-bond acceptors (Lipinski definition) is 4. The molecule has 4 nitrogen and oxygen atoms in total. The zero-order valence-electron chi connectivity index (χ0n) is 12.0. The molecule has 0 radical (unpaired) electrons. The molecule has 108 valence electrons. The number of rotatable bonds is 2. The standard InChI is InChI=1S/C17H14N4S/c1-21-16(18)13(10-19-21)11-6-2-3-7-12(11)17-20-14-8-4-5-9-15(14)22-17/h2-10H,18H2,1H3. The van der Waals surface area contributed by atoms with Gasteiger partial charge in [-0.25, -0.2) is 4.98 Å². The lowest BCUT2D eigenvalue weighted by molar-refractivity contribution is 0.779. The van der Waals surface area contributed by atoms with Crippen LogP contribution in [0.2, 0.25) is 0 Å². The van der Waals surface area contributed by atoms with E-state index in [-0.39, 0.29) is 0 Å². The number of para-hydroxylation sites is 1. The second-order valence-electron chi connectivity index (χ2n) is 5.10. The molecular formula is C17H14N4S. The highest BCUT2D eigenvalue weighted by Crippen LogP contribution is 2.38. The minimum atomic E-state index is 0.661. The van der Waals surface area contributed by atoms with Crippen molar-refractivity contribution in [3.05, 3.63) is 54.7 Å². The number of aromatic nitrogens is 3. The van der Waals surface area contributed by atoms with Crippen LogP contribution in [-0.4, -0.2) is 14.8 Å². The van der Waals surface area contributed by atoms with Crippen molar-refractivity contribution < 1.29 is 0 Å². The maximum absolute atomic E-state index is 6.14. The van der Waals surface area contributed by atoms with E-state index >= 15 is 0 Å². The SMILES string of the molecule is Cn1ncc(-c2ccccc2-c2nc3ccccc3s2)c1N. The maximum atomic E-state index is 6.14. The molecule has 0 atom stereocenters. The summed E-state index contributed by atoms with van der Waals surface area (Å²) in [7, 11) is 1.85. The Morgan fingerprint density at radius 2 is 1.68 bits per heavy atom. The molecule has 2 N–H and O–H groups in total. The molecular weight excluding hydrogens is 292 g/mol. The lowest BCUT2D eigenvalue weighted by Crippen LogP contribution is -1.98. The fourth-order valence-electron chi connectivity index (χ4n) is 2.55. The van der Waals surface area contributed by atoms with E-state index in [1.807, 2.05) is 43.6 Å². The van der Waals surface area contributed by atoms with Gasteiger partial charge in [0.2, 0.25) is 0 Å². The number of aryl methyl sites for hydroxylation is 1. The first kappa shape index (κ1) is 13.0. The van der Waals surface area contributed by atoms with Gasteiger partial charge in [-0.05, 0) is 17.7 Å². The van der Waals surface area contributed by atoms with E-state index in [2.05, 4.69) is 23.3 Å². The van der Waals surface area contributed by atoms with E-state index < -0.39 is 0 Å². The van der Waals surface area contributed by atoms with Gasteiger partial charge < -0.3 is 5.73 Å². The second-order valence-corrected chi connectivity index (χ2v) is 6.13. The van der Waals surface area contributed by atoms with Crippen LogP contribution < -0.4 is 5.73 Å². The molecule has 22 heavy (non-hydrogen) atoms. The Bertz CT molecular complexity index is 935. The van der Waals surface area contributed by atoms with E-state index in [0.717, 1.165) is 27.2 Å². The first-order valence-electron chi connectivity index (χ1n) is 6.97. The zero-order valence-corrected chi connectivity index (χ0v) is 12.8. The molecule has 0 amide bonds. The van der Waals surface area contributed by atoms with Crippen molar-refractivity contribution in [1.82, 2.24) is 14.8 Å². The zero-order chi connectivity index (χ0) is 15.1. The Morgan fingerprint density at radius 1 is 0.955 bits per heavy atom.